The van der Waals surface area contributed by atoms with Crippen LogP contribution >= 0.6 is 0 Å². The summed E-state index contributed by atoms with van der Waals surface area (Å²) in [5.41, 5.74) is 2.64. The molecule has 0 fully saturated rings. The molecule has 1 N–H and O–H groups in total. The third kappa shape index (κ3) is 2.55. The van der Waals surface area contributed by atoms with E-state index in [-0.39, 0.29) is 5.41 Å². The van der Waals surface area contributed by atoms with Crippen molar-refractivity contribution in [3.63, 3.8) is 0 Å². The Morgan fingerprint density at radius 2 is 2.27 bits per heavy atom. The van der Waals surface area contributed by atoms with Crippen LogP contribution in [-0.2, 0) is 6.42 Å². The Hall–Kier alpha value is -1.38. The molecule has 0 atom stereocenters. The lowest BCUT2D eigenvalue weighted by Gasteiger charge is -2.14. The maximum atomic E-state index is 4.59. The van der Waals surface area contributed by atoms with Crippen LogP contribution in [0.1, 0.15) is 26.3 Å². The summed E-state index contributed by atoms with van der Waals surface area (Å²) < 4.78 is 0. The molecule has 2 rings (SSSR count). The van der Waals surface area contributed by atoms with Gasteiger partial charge in [0.25, 0.3) is 0 Å². The zero-order valence-corrected chi connectivity index (χ0v) is 9.54. The second-order valence-electron chi connectivity index (χ2n) is 5.16. The van der Waals surface area contributed by atoms with E-state index in [9.17, 15) is 0 Å². The molecule has 0 radical (unpaired) electrons. The van der Waals surface area contributed by atoms with Crippen LogP contribution in [-0.4, -0.2) is 17.4 Å². The van der Waals surface area contributed by atoms with Crippen LogP contribution in [0.5, 0.6) is 0 Å². The molecule has 0 saturated heterocycles. The first kappa shape index (κ1) is 10.1. The third-order valence-electron chi connectivity index (χ3n) is 2.29. The number of hydrogen-bond acceptors (Lipinski definition) is 2. The third-order valence-corrected chi connectivity index (χ3v) is 2.29. The number of nitrogens with zero attached hydrogens (tertiary/aromatic N) is 2. The average Bonchev–Trinajstić information content (AvgIpc) is 2.56. The fourth-order valence-electron chi connectivity index (χ4n) is 1.50. The second kappa shape index (κ2) is 3.65. The van der Waals surface area contributed by atoms with E-state index in [0.29, 0.717) is 0 Å². The monoisotopic (exact) mass is 203 g/mol. The van der Waals surface area contributed by atoms with Crippen LogP contribution in [0.3, 0.4) is 0 Å². The van der Waals surface area contributed by atoms with Crippen molar-refractivity contribution in [3.8, 4) is 0 Å². The standard InChI is InChI=1S/C12H17N3/c1-12(2,3)8-14-11-6-9-4-5-13-7-10(9)15-11/h4-5,7H,6,8H2,1-3H3,(H,14,15). The Morgan fingerprint density at radius 3 is 2.93 bits per heavy atom. The Labute approximate surface area is 90.6 Å². The Morgan fingerprint density at radius 1 is 1.47 bits per heavy atom. The Bertz CT molecular complexity index is 361. The van der Waals surface area contributed by atoms with Gasteiger partial charge in [-0.05, 0) is 17.0 Å². The summed E-state index contributed by atoms with van der Waals surface area (Å²) in [6, 6.07) is 2.04. The molecule has 0 spiro atoms. The Kier molecular flexibility index (Phi) is 2.47. The molecule has 3 heteroatoms. The zero-order valence-electron chi connectivity index (χ0n) is 9.54. The van der Waals surface area contributed by atoms with E-state index in [4.69, 9.17) is 0 Å². The fourth-order valence-corrected chi connectivity index (χ4v) is 1.50. The fraction of sp³-hybridized carbons (Fsp3) is 0.500. The van der Waals surface area contributed by atoms with Crippen LogP contribution in [0.2, 0.25) is 0 Å². The number of aromatic nitrogens is 1. The predicted octanol–water partition coefficient (Wildman–Crippen LogP) is 2.49. The van der Waals surface area contributed by atoms with Crippen LogP contribution in [0.4, 0.5) is 5.69 Å². The van der Waals surface area contributed by atoms with Crippen molar-refractivity contribution in [2.75, 3.05) is 11.9 Å². The maximum absolute atomic E-state index is 4.59. The van der Waals surface area contributed by atoms with Crippen molar-refractivity contribution in [3.05, 3.63) is 24.0 Å². The second-order valence-corrected chi connectivity index (χ2v) is 5.16. The van der Waals surface area contributed by atoms with Crippen LogP contribution < -0.4 is 5.32 Å². The number of rotatable bonds is 1. The Balaban J connectivity index is 2.07. The van der Waals surface area contributed by atoms with Gasteiger partial charge in [0.1, 0.15) is 5.84 Å². The van der Waals surface area contributed by atoms with E-state index in [1.165, 1.54) is 5.56 Å². The highest BCUT2D eigenvalue weighted by Crippen LogP contribution is 2.22. The summed E-state index contributed by atoms with van der Waals surface area (Å²) in [6.45, 7) is 7.44. The van der Waals surface area contributed by atoms with E-state index in [1.54, 1.807) is 0 Å². The molecule has 0 amide bonds. The van der Waals surface area contributed by atoms with Gasteiger partial charge < -0.3 is 5.32 Å². The number of fused-ring (bicyclic) bond motifs is 1. The highest BCUT2D eigenvalue weighted by Gasteiger charge is 2.16. The van der Waals surface area contributed by atoms with E-state index in [0.717, 1.165) is 24.5 Å². The van der Waals surface area contributed by atoms with Gasteiger partial charge in [-0.1, -0.05) is 20.8 Å². The number of nitrogens with one attached hydrogen (secondary N) is 1. The number of amidine groups is 1. The highest BCUT2D eigenvalue weighted by molar-refractivity contribution is 6.02. The van der Waals surface area contributed by atoms with Crippen LogP contribution in [0.25, 0.3) is 0 Å². The van der Waals surface area contributed by atoms with Crippen LogP contribution in [0, 0.1) is 5.41 Å². The minimum absolute atomic E-state index is 0.252. The quantitative estimate of drug-likeness (QED) is 0.761. The molecule has 0 aromatic carbocycles. The molecule has 80 valence electrons. The lowest BCUT2D eigenvalue weighted by Crippen LogP contribution is -2.14. The number of pyridine rings is 1. The summed E-state index contributed by atoms with van der Waals surface area (Å²) in [6.07, 6.45) is 4.59. The van der Waals surface area contributed by atoms with E-state index in [2.05, 4.69) is 36.1 Å². The zero-order chi connectivity index (χ0) is 10.9. The molecule has 0 bridgehead atoms. The summed E-state index contributed by atoms with van der Waals surface area (Å²) >= 11 is 0. The van der Waals surface area contributed by atoms with Gasteiger partial charge in [0.2, 0.25) is 0 Å². The topological polar surface area (TPSA) is 37.3 Å². The largest absolute Gasteiger partial charge is 0.342 e. The van der Waals surface area contributed by atoms with E-state index in [1.807, 2.05) is 18.5 Å². The molecule has 2 heterocycles. The van der Waals surface area contributed by atoms with E-state index >= 15 is 0 Å². The minimum atomic E-state index is 0.252. The summed E-state index contributed by atoms with van der Waals surface area (Å²) in [5.74, 6) is 1.06. The smallest absolute Gasteiger partial charge is 0.105 e. The first-order valence-corrected chi connectivity index (χ1v) is 5.28. The molecule has 1 aliphatic rings. The highest BCUT2D eigenvalue weighted by atomic mass is 15.0. The molecule has 0 saturated carbocycles. The molecule has 1 aromatic heterocycles. The number of hydrogen-bond donors (Lipinski definition) is 1. The van der Waals surface area contributed by atoms with Crippen molar-refractivity contribution in [1.82, 2.24) is 4.98 Å². The average molecular weight is 203 g/mol. The number of anilines is 1. The van der Waals surface area contributed by atoms with Gasteiger partial charge >= 0.3 is 0 Å². The molecule has 1 aliphatic heterocycles. The molecule has 15 heavy (non-hydrogen) atoms. The lowest BCUT2D eigenvalue weighted by atomic mass is 9.97. The van der Waals surface area contributed by atoms with Gasteiger partial charge in [0.05, 0.1) is 11.9 Å². The maximum Gasteiger partial charge on any atom is 0.105 e. The molecule has 1 aromatic rings. The van der Waals surface area contributed by atoms with Gasteiger partial charge in [-0.15, -0.1) is 0 Å². The lowest BCUT2D eigenvalue weighted by molar-refractivity contribution is 0.429. The summed E-state index contributed by atoms with van der Waals surface area (Å²) in [4.78, 5) is 8.67. The minimum Gasteiger partial charge on any atom is -0.342 e. The van der Waals surface area contributed by atoms with Crippen molar-refractivity contribution in [2.24, 2.45) is 10.4 Å². The van der Waals surface area contributed by atoms with Gasteiger partial charge in [-0.25, -0.2) is 0 Å². The van der Waals surface area contributed by atoms with Crippen molar-refractivity contribution < 1.29 is 0 Å². The normalized spacial score (nSPS) is 17.7. The molecular formula is C12H17N3. The first-order chi connectivity index (χ1) is 7.04. The summed E-state index contributed by atoms with van der Waals surface area (Å²) in [5, 5.41) is 3.29. The van der Waals surface area contributed by atoms with Crippen LogP contribution in [0.15, 0.2) is 23.5 Å². The van der Waals surface area contributed by atoms with Gasteiger partial charge in [-0.3, -0.25) is 9.98 Å². The van der Waals surface area contributed by atoms with Crippen molar-refractivity contribution in [1.29, 1.82) is 0 Å². The van der Waals surface area contributed by atoms with E-state index < -0.39 is 0 Å². The van der Waals surface area contributed by atoms with Gasteiger partial charge in [0, 0.05) is 19.2 Å². The van der Waals surface area contributed by atoms with Gasteiger partial charge in [0.15, 0.2) is 0 Å². The summed E-state index contributed by atoms with van der Waals surface area (Å²) in [7, 11) is 0. The van der Waals surface area contributed by atoms with Crippen molar-refractivity contribution >= 4 is 11.5 Å². The number of aliphatic imine (C=N–C) groups is 1. The molecule has 3 nitrogen and oxygen atoms in total. The van der Waals surface area contributed by atoms with Gasteiger partial charge in [-0.2, -0.15) is 0 Å². The SMILES string of the molecule is CC(C)(C)CN=C1Cc2ccncc2N1. The molecule has 0 aliphatic carbocycles. The predicted molar refractivity (Wildman–Crippen MR) is 63.3 cm³/mol. The first-order valence-electron chi connectivity index (χ1n) is 5.28. The van der Waals surface area contributed by atoms with Crippen molar-refractivity contribution in [2.45, 2.75) is 27.2 Å². The molecular weight excluding hydrogens is 186 g/mol. The molecule has 0 unspecified atom stereocenters.